The molecule has 1 amide bonds. The molecule has 0 aliphatic rings. The highest BCUT2D eigenvalue weighted by atomic mass is 19.1. The maximum Gasteiger partial charge on any atom is 0.255 e. The number of nitrogens with two attached hydrogens (primary N) is 1. The number of hydrogen-bond donors (Lipinski definition) is 3. The highest BCUT2D eigenvalue weighted by Gasteiger charge is 2.10. The Kier molecular flexibility index (Phi) is 4.18. The molecule has 0 spiro atoms. The third-order valence-electron chi connectivity index (χ3n) is 2.98. The van der Waals surface area contributed by atoms with E-state index >= 15 is 0 Å². The SMILES string of the molecule is Cc1ccc(F)cc1NC(=O)c1cccc(/C(N)=N/O)c1. The quantitative estimate of drug-likeness (QED) is 0.351. The van der Waals surface area contributed by atoms with Crippen LogP contribution in [-0.2, 0) is 0 Å². The Balaban J connectivity index is 2.26. The molecular weight excluding hydrogens is 273 g/mol. The van der Waals surface area contributed by atoms with Crippen molar-refractivity contribution in [2.24, 2.45) is 10.9 Å². The summed E-state index contributed by atoms with van der Waals surface area (Å²) in [6.45, 7) is 1.77. The molecule has 0 atom stereocenters. The van der Waals surface area contributed by atoms with E-state index in [9.17, 15) is 9.18 Å². The minimum Gasteiger partial charge on any atom is -0.409 e. The van der Waals surface area contributed by atoms with Crippen LogP contribution in [0.15, 0.2) is 47.6 Å². The molecular formula is C15H14FN3O2. The number of halogens is 1. The Morgan fingerprint density at radius 2 is 1.95 bits per heavy atom. The van der Waals surface area contributed by atoms with Crippen molar-refractivity contribution in [3.8, 4) is 0 Å². The molecule has 0 saturated heterocycles. The van der Waals surface area contributed by atoms with E-state index in [0.717, 1.165) is 5.56 Å². The van der Waals surface area contributed by atoms with Crippen molar-refractivity contribution < 1.29 is 14.4 Å². The molecule has 0 unspecified atom stereocenters. The highest BCUT2D eigenvalue weighted by Crippen LogP contribution is 2.17. The van der Waals surface area contributed by atoms with Gasteiger partial charge in [0.15, 0.2) is 5.84 Å². The van der Waals surface area contributed by atoms with E-state index in [-0.39, 0.29) is 5.84 Å². The summed E-state index contributed by atoms with van der Waals surface area (Å²) < 4.78 is 13.2. The molecule has 6 heteroatoms. The summed E-state index contributed by atoms with van der Waals surface area (Å²) in [7, 11) is 0. The highest BCUT2D eigenvalue weighted by molar-refractivity contribution is 6.06. The normalized spacial score (nSPS) is 11.2. The van der Waals surface area contributed by atoms with E-state index < -0.39 is 11.7 Å². The van der Waals surface area contributed by atoms with E-state index in [2.05, 4.69) is 10.5 Å². The lowest BCUT2D eigenvalue weighted by atomic mass is 10.1. The topological polar surface area (TPSA) is 87.7 Å². The fourth-order valence-electron chi connectivity index (χ4n) is 1.80. The van der Waals surface area contributed by atoms with E-state index in [1.807, 2.05) is 0 Å². The molecule has 0 aromatic heterocycles. The molecule has 0 aliphatic heterocycles. The number of carbonyl (C=O) groups is 1. The fourth-order valence-corrected chi connectivity index (χ4v) is 1.80. The number of hydrogen-bond acceptors (Lipinski definition) is 3. The lowest BCUT2D eigenvalue weighted by Gasteiger charge is -2.09. The van der Waals surface area contributed by atoms with Crippen LogP contribution in [0.4, 0.5) is 10.1 Å². The summed E-state index contributed by atoms with van der Waals surface area (Å²) >= 11 is 0. The molecule has 2 aromatic rings. The molecule has 5 nitrogen and oxygen atoms in total. The lowest BCUT2D eigenvalue weighted by molar-refractivity contribution is 0.102. The number of anilines is 1. The van der Waals surface area contributed by atoms with Crippen molar-refractivity contribution in [3.63, 3.8) is 0 Å². The first-order chi connectivity index (χ1) is 10.0. The predicted molar refractivity (Wildman–Crippen MR) is 78.0 cm³/mol. The Labute approximate surface area is 120 Å². The molecule has 0 heterocycles. The largest absolute Gasteiger partial charge is 0.409 e. The molecule has 21 heavy (non-hydrogen) atoms. The van der Waals surface area contributed by atoms with E-state index in [0.29, 0.717) is 16.8 Å². The second kappa shape index (κ2) is 6.04. The fraction of sp³-hybridized carbons (Fsp3) is 0.0667. The molecule has 0 fully saturated rings. The molecule has 0 bridgehead atoms. The van der Waals surface area contributed by atoms with Crippen LogP contribution < -0.4 is 11.1 Å². The smallest absolute Gasteiger partial charge is 0.255 e. The van der Waals surface area contributed by atoms with Gasteiger partial charge in [0.25, 0.3) is 5.91 Å². The van der Waals surface area contributed by atoms with Gasteiger partial charge in [-0.2, -0.15) is 0 Å². The van der Waals surface area contributed by atoms with Crippen molar-refractivity contribution in [2.75, 3.05) is 5.32 Å². The third-order valence-corrected chi connectivity index (χ3v) is 2.98. The maximum atomic E-state index is 13.2. The number of aryl methyl sites for hydroxylation is 1. The number of benzene rings is 2. The van der Waals surface area contributed by atoms with Crippen molar-refractivity contribution >= 4 is 17.4 Å². The standard InChI is InChI=1S/C15H14FN3O2/c1-9-5-6-12(16)8-13(9)18-15(20)11-4-2-3-10(7-11)14(17)19-21/h2-8,21H,1H3,(H2,17,19)(H,18,20). The van der Waals surface area contributed by atoms with Crippen LogP contribution in [0, 0.1) is 12.7 Å². The average Bonchev–Trinajstić information content (AvgIpc) is 2.50. The minimum absolute atomic E-state index is 0.0911. The van der Waals surface area contributed by atoms with Gasteiger partial charge in [0.05, 0.1) is 0 Å². The summed E-state index contributed by atoms with van der Waals surface area (Å²) in [5, 5.41) is 14.2. The third kappa shape index (κ3) is 3.36. The minimum atomic E-state index is -0.429. The summed E-state index contributed by atoms with van der Waals surface area (Å²) in [4.78, 5) is 12.2. The first kappa shape index (κ1) is 14.5. The van der Waals surface area contributed by atoms with Crippen LogP contribution >= 0.6 is 0 Å². The van der Waals surface area contributed by atoms with Gasteiger partial charge in [-0.15, -0.1) is 0 Å². The number of amidine groups is 1. The summed E-state index contributed by atoms with van der Waals surface area (Å²) in [6.07, 6.45) is 0. The Morgan fingerprint density at radius 1 is 1.24 bits per heavy atom. The monoisotopic (exact) mass is 287 g/mol. The van der Waals surface area contributed by atoms with Gasteiger partial charge >= 0.3 is 0 Å². The first-order valence-corrected chi connectivity index (χ1v) is 6.16. The number of nitrogens with one attached hydrogen (secondary N) is 1. The van der Waals surface area contributed by atoms with Gasteiger partial charge in [0.1, 0.15) is 5.82 Å². The molecule has 4 N–H and O–H groups in total. The molecule has 2 rings (SSSR count). The summed E-state index contributed by atoms with van der Waals surface area (Å²) in [5.74, 6) is -0.927. The molecule has 0 saturated carbocycles. The van der Waals surface area contributed by atoms with Crippen molar-refractivity contribution in [1.29, 1.82) is 0 Å². The number of oxime groups is 1. The second-order valence-corrected chi connectivity index (χ2v) is 4.48. The van der Waals surface area contributed by atoms with Crippen LogP contribution in [0.25, 0.3) is 0 Å². The maximum absolute atomic E-state index is 13.2. The second-order valence-electron chi connectivity index (χ2n) is 4.48. The number of amides is 1. The zero-order chi connectivity index (χ0) is 15.4. The van der Waals surface area contributed by atoms with Gasteiger partial charge < -0.3 is 16.3 Å². The Morgan fingerprint density at radius 3 is 2.67 bits per heavy atom. The summed E-state index contributed by atoms with van der Waals surface area (Å²) in [5.41, 5.74) is 7.36. The van der Waals surface area contributed by atoms with Crippen molar-refractivity contribution in [2.45, 2.75) is 6.92 Å². The van der Waals surface area contributed by atoms with Gasteiger partial charge in [0, 0.05) is 16.8 Å². The van der Waals surface area contributed by atoms with Gasteiger partial charge in [-0.1, -0.05) is 23.4 Å². The van der Waals surface area contributed by atoms with Crippen LogP contribution in [-0.4, -0.2) is 17.0 Å². The molecule has 0 radical (unpaired) electrons. The van der Waals surface area contributed by atoms with Gasteiger partial charge in [0.2, 0.25) is 0 Å². The zero-order valence-corrected chi connectivity index (χ0v) is 11.3. The molecule has 2 aromatic carbocycles. The van der Waals surface area contributed by atoms with Crippen LogP contribution in [0.2, 0.25) is 0 Å². The van der Waals surface area contributed by atoms with Crippen molar-refractivity contribution in [3.05, 3.63) is 65.0 Å². The van der Waals surface area contributed by atoms with Crippen molar-refractivity contribution in [1.82, 2.24) is 0 Å². The van der Waals surface area contributed by atoms with Gasteiger partial charge in [-0.25, -0.2) is 4.39 Å². The van der Waals surface area contributed by atoms with Gasteiger partial charge in [-0.05, 0) is 36.8 Å². The Hall–Kier alpha value is -2.89. The lowest BCUT2D eigenvalue weighted by Crippen LogP contribution is -2.16. The van der Waals surface area contributed by atoms with E-state index in [4.69, 9.17) is 10.9 Å². The zero-order valence-electron chi connectivity index (χ0n) is 11.3. The molecule has 0 aliphatic carbocycles. The van der Waals surface area contributed by atoms with Gasteiger partial charge in [-0.3, -0.25) is 4.79 Å². The van der Waals surface area contributed by atoms with E-state index in [1.165, 1.54) is 18.2 Å². The predicted octanol–water partition coefficient (Wildman–Crippen LogP) is 2.48. The first-order valence-electron chi connectivity index (χ1n) is 6.16. The summed E-state index contributed by atoms with van der Waals surface area (Å²) in [6, 6.07) is 10.4. The van der Waals surface area contributed by atoms with Crippen LogP contribution in [0.5, 0.6) is 0 Å². The number of carbonyl (C=O) groups excluding carboxylic acids is 1. The molecule has 108 valence electrons. The Bertz CT molecular complexity index is 714. The van der Waals surface area contributed by atoms with Crippen LogP contribution in [0.1, 0.15) is 21.5 Å². The average molecular weight is 287 g/mol. The number of nitrogens with zero attached hydrogens (tertiary/aromatic N) is 1. The van der Waals surface area contributed by atoms with Crippen LogP contribution in [0.3, 0.4) is 0 Å². The number of rotatable bonds is 3. The van der Waals surface area contributed by atoms with E-state index in [1.54, 1.807) is 31.2 Å².